The van der Waals surface area contributed by atoms with E-state index in [9.17, 15) is 8.78 Å². The zero-order chi connectivity index (χ0) is 18.7. The molecule has 0 radical (unpaired) electrons. The highest BCUT2D eigenvalue weighted by atomic mass is 19.3. The fourth-order valence-corrected chi connectivity index (χ4v) is 3.49. The molecule has 0 saturated carbocycles. The normalized spacial score (nSPS) is 24.8. The van der Waals surface area contributed by atoms with E-state index in [-0.39, 0.29) is 12.2 Å². The summed E-state index contributed by atoms with van der Waals surface area (Å²) in [4.78, 5) is 3.75. The average molecular weight is 364 g/mol. The Morgan fingerprint density at radius 2 is 1.96 bits per heavy atom. The molecular formula is C19H26F2N4O. The number of halogens is 2. The van der Waals surface area contributed by atoms with Crippen LogP contribution in [0.4, 0.5) is 8.78 Å². The molecule has 0 aromatic heterocycles. The van der Waals surface area contributed by atoms with Crippen LogP contribution in [0.25, 0.3) is 0 Å². The topological polar surface area (TPSA) is 51.6 Å². The Labute approximate surface area is 153 Å². The molecule has 0 spiro atoms. The van der Waals surface area contributed by atoms with Crippen molar-refractivity contribution in [3.63, 3.8) is 0 Å². The fourth-order valence-electron chi connectivity index (χ4n) is 3.49. The van der Waals surface area contributed by atoms with Crippen molar-refractivity contribution in [1.82, 2.24) is 15.1 Å². The second-order valence-corrected chi connectivity index (χ2v) is 7.01. The van der Waals surface area contributed by atoms with Gasteiger partial charge >= 0.3 is 0 Å². The standard InChI is InChI=1S/C19H26F2N4O/c1-24-9-7-17(22)16(12-24)18-19(20,21)13-25(10-8-23-18)11-14-3-5-15(26-2)6-4-14/h3-6,22-23H,7-13H2,1-2H3/b18-16-,22-17?. The summed E-state index contributed by atoms with van der Waals surface area (Å²) in [6.45, 7) is 2.23. The number of benzene rings is 1. The number of alkyl halides is 2. The van der Waals surface area contributed by atoms with E-state index in [1.807, 2.05) is 36.2 Å². The maximum atomic E-state index is 15.0. The highest BCUT2D eigenvalue weighted by molar-refractivity contribution is 5.99. The van der Waals surface area contributed by atoms with E-state index in [1.54, 1.807) is 12.0 Å². The van der Waals surface area contributed by atoms with Crippen LogP contribution >= 0.6 is 0 Å². The quantitative estimate of drug-likeness (QED) is 0.865. The molecule has 2 N–H and O–H groups in total. The molecule has 2 fully saturated rings. The molecule has 2 aliphatic heterocycles. The van der Waals surface area contributed by atoms with Crippen molar-refractivity contribution in [2.24, 2.45) is 0 Å². The van der Waals surface area contributed by atoms with Crippen LogP contribution < -0.4 is 10.1 Å². The van der Waals surface area contributed by atoms with E-state index in [0.29, 0.717) is 43.9 Å². The predicted molar refractivity (Wildman–Crippen MR) is 98.1 cm³/mol. The van der Waals surface area contributed by atoms with Crippen molar-refractivity contribution in [2.45, 2.75) is 18.9 Å². The van der Waals surface area contributed by atoms with Crippen molar-refractivity contribution in [3.8, 4) is 5.75 Å². The molecule has 2 aliphatic rings. The second kappa shape index (κ2) is 7.72. The number of nitrogens with one attached hydrogen (secondary N) is 2. The number of hydrogen-bond donors (Lipinski definition) is 2. The zero-order valence-corrected chi connectivity index (χ0v) is 15.3. The number of likely N-dealkylation sites (tertiary alicyclic amines) is 1. The minimum Gasteiger partial charge on any atom is -0.497 e. The van der Waals surface area contributed by atoms with Gasteiger partial charge in [-0.2, -0.15) is 8.78 Å². The van der Waals surface area contributed by atoms with E-state index in [1.165, 1.54) is 0 Å². The van der Waals surface area contributed by atoms with E-state index < -0.39 is 5.92 Å². The number of likely N-dealkylation sites (N-methyl/N-ethyl adjacent to an activating group) is 1. The van der Waals surface area contributed by atoms with E-state index in [0.717, 1.165) is 17.9 Å². The lowest BCUT2D eigenvalue weighted by atomic mass is 9.97. The molecule has 0 aliphatic carbocycles. The van der Waals surface area contributed by atoms with Gasteiger partial charge in [0.1, 0.15) is 5.75 Å². The maximum Gasteiger partial charge on any atom is 0.300 e. The first kappa shape index (κ1) is 18.8. The lowest BCUT2D eigenvalue weighted by Crippen LogP contribution is -2.41. The molecular weight excluding hydrogens is 338 g/mol. The van der Waals surface area contributed by atoms with Crippen molar-refractivity contribution < 1.29 is 13.5 Å². The van der Waals surface area contributed by atoms with Gasteiger partial charge in [0, 0.05) is 50.4 Å². The summed E-state index contributed by atoms with van der Waals surface area (Å²) in [7, 11) is 3.50. The van der Waals surface area contributed by atoms with Crippen LogP contribution in [0.1, 0.15) is 12.0 Å². The number of piperidine rings is 1. The molecule has 0 bridgehead atoms. The summed E-state index contributed by atoms with van der Waals surface area (Å²) in [5.74, 6) is -2.24. The summed E-state index contributed by atoms with van der Waals surface area (Å²) in [6.07, 6.45) is 0.517. The minimum absolute atomic E-state index is 0.0636. The minimum atomic E-state index is -3.00. The van der Waals surface area contributed by atoms with Gasteiger partial charge in [0.15, 0.2) is 0 Å². The molecule has 0 amide bonds. The van der Waals surface area contributed by atoms with Crippen molar-refractivity contribution >= 4 is 5.71 Å². The van der Waals surface area contributed by atoms with Crippen molar-refractivity contribution in [3.05, 3.63) is 41.1 Å². The van der Waals surface area contributed by atoms with Crippen molar-refractivity contribution in [2.75, 3.05) is 46.9 Å². The third-order valence-electron chi connectivity index (χ3n) is 4.92. The van der Waals surface area contributed by atoms with E-state index >= 15 is 0 Å². The third kappa shape index (κ3) is 4.22. The Kier molecular flexibility index (Phi) is 5.58. The van der Waals surface area contributed by atoms with Gasteiger partial charge in [-0.05, 0) is 24.7 Å². The Hall–Kier alpha value is -1.99. The van der Waals surface area contributed by atoms with Gasteiger partial charge in [-0.15, -0.1) is 0 Å². The number of ether oxygens (including phenoxy) is 1. The molecule has 142 valence electrons. The summed E-state index contributed by atoms with van der Waals surface area (Å²) >= 11 is 0. The van der Waals surface area contributed by atoms with Crippen LogP contribution in [0.2, 0.25) is 0 Å². The van der Waals surface area contributed by atoms with Crippen LogP contribution in [0.15, 0.2) is 35.5 Å². The first-order valence-corrected chi connectivity index (χ1v) is 8.86. The summed E-state index contributed by atoms with van der Waals surface area (Å²) in [5.41, 5.74) is 1.69. The second-order valence-electron chi connectivity index (χ2n) is 7.01. The van der Waals surface area contributed by atoms with Gasteiger partial charge in [-0.25, -0.2) is 0 Å². The van der Waals surface area contributed by atoms with Gasteiger partial charge in [-0.1, -0.05) is 12.1 Å². The van der Waals surface area contributed by atoms with Crippen molar-refractivity contribution in [1.29, 1.82) is 5.41 Å². The summed E-state index contributed by atoms with van der Waals surface area (Å²) in [6, 6.07) is 7.49. The molecule has 2 heterocycles. The van der Waals surface area contributed by atoms with Crippen LogP contribution in [0.3, 0.4) is 0 Å². The highest BCUT2D eigenvalue weighted by Crippen LogP contribution is 2.30. The first-order chi connectivity index (χ1) is 12.4. The van der Waals surface area contributed by atoms with Gasteiger partial charge in [-0.3, -0.25) is 4.90 Å². The van der Waals surface area contributed by atoms with E-state index in [2.05, 4.69) is 5.32 Å². The molecule has 7 heteroatoms. The Balaban J connectivity index is 1.77. The smallest absolute Gasteiger partial charge is 0.300 e. The molecule has 2 saturated heterocycles. The highest BCUT2D eigenvalue weighted by Gasteiger charge is 2.41. The molecule has 3 rings (SSSR count). The molecule has 5 nitrogen and oxygen atoms in total. The maximum absolute atomic E-state index is 15.0. The summed E-state index contributed by atoms with van der Waals surface area (Å²) < 4.78 is 35.1. The van der Waals surface area contributed by atoms with Crippen LogP contribution in [0, 0.1) is 5.41 Å². The van der Waals surface area contributed by atoms with E-state index in [4.69, 9.17) is 10.1 Å². The molecule has 26 heavy (non-hydrogen) atoms. The number of hydrogen-bond acceptors (Lipinski definition) is 5. The predicted octanol–water partition coefficient (Wildman–Crippen LogP) is 2.35. The lowest BCUT2D eigenvalue weighted by molar-refractivity contribution is 0.00419. The van der Waals surface area contributed by atoms with Crippen LogP contribution in [-0.4, -0.2) is 68.3 Å². The Bertz CT molecular complexity index is 687. The van der Waals surface area contributed by atoms with Gasteiger partial charge in [0.25, 0.3) is 5.92 Å². The Morgan fingerprint density at radius 1 is 1.23 bits per heavy atom. The van der Waals surface area contributed by atoms with Gasteiger partial charge in [0.2, 0.25) is 0 Å². The molecule has 1 aromatic rings. The fraction of sp³-hybridized carbons (Fsp3) is 0.526. The average Bonchev–Trinajstić information content (AvgIpc) is 2.75. The molecule has 0 atom stereocenters. The first-order valence-electron chi connectivity index (χ1n) is 8.86. The number of nitrogens with zero attached hydrogens (tertiary/aromatic N) is 2. The number of methoxy groups -OCH3 is 1. The number of rotatable bonds is 3. The largest absolute Gasteiger partial charge is 0.497 e. The lowest BCUT2D eigenvalue weighted by Gasteiger charge is -2.30. The Morgan fingerprint density at radius 3 is 2.65 bits per heavy atom. The van der Waals surface area contributed by atoms with Gasteiger partial charge in [0.05, 0.1) is 19.4 Å². The molecule has 0 unspecified atom stereocenters. The monoisotopic (exact) mass is 364 g/mol. The zero-order valence-electron chi connectivity index (χ0n) is 15.3. The summed E-state index contributed by atoms with van der Waals surface area (Å²) in [5, 5.41) is 11.0. The SMILES string of the molecule is COc1ccc(CN2CCN/C(=C3/CN(C)CCC3=N)C(F)(F)C2)cc1. The van der Waals surface area contributed by atoms with Gasteiger partial charge < -0.3 is 20.4 Å². The molecule has 1 aromatic carbocycles. The third-order valence-corrected chi connectivity index (χ3v) is 4.92. The van der Waals surface area contributed by atoms with Crippen LogP contribution in [0.5, 0.6) is 5.75 Å². The van der Waals surface area contributed by atoms with Crippen LogP contribution in [-0.2, 0) is 6.54 Å².